The Balaban J connectivity index is 1.79. The van der Waals surface area contributed by atoms with Crippen molar-refractivity contribution in [1.29, 1.82) is 0 Å². The molecule has 2 aromatic heterocycles. The Morgan fingerprint density at radius 2 is 1.73 bits per heavy atom. The number of para-hydroxylation sites is 1. The summed E-state index contributed by atoms with van der Waals surface area (Å²) in [5.41, 5.74) is 2.27. The molecule has 0 unspecified atom stereocenters. The summed E-state index contributed by atoms with van der Waals surface area (Å²) in [4.78, 5) is 32.2. The summed E-state index contributed by atoms with van der Waals surface area (Å²) in [6, 6.07) is 20.4. The molecule has 0 aliphatic carbocycles. The van der Waals surface area contributed by atoms with E-state index < -0.39 is 11.5 Å². The highest BCUT2D eigenvalue weighted by atomic mass is 16.2. The molecule has 0 saturated carbocycles. The average molecular weight is 341 g/mol. The number of anilines is 1. The molecule has 4 rings (SSSR count). The molecule has 5 nitrogen and oxygen atoms in total. The summed E-state index contributed by atoms with van der Waals surface area (Å²) in [7, 11) is 0. The van der Waals surface area contributed by atoms with Crippen molar-refractivity contribution in [3.8, 4) is 11.1 Å². The topological polar surface area (TPSA) is 74.8 Å². The van der Waals surface area contributed by atoms with Crippen LogP contribution in [0.5, 0.6) is 0 Å². The highest BCUT2D eigenvalue weighted by Crippen LogP contribution is 2.24. The Hall–Kier alpha value is -3.73. The van der Waals surface area contributed by atoms with E-state index in [1.807, 2.05) is 54.6 Å². The first-order valence-corrected chi connectivity index (χ1v) is 8.16. The van der Waals surface area contributed by atoms with E-state index in [0.717, 1.165) is 10.9 Å². The van der Waals surface area contributed by atoms with Crippen LogP contribution in [0.1, 0.15) is 10.4 Å². The van der Waals surface area contributed by atoms with Crippen molar-refractivity contribution < 1.29 is 4.79 Å². The van der Waals surface area contributed by atoms with E-state index in [0.29, 0.717) is 16.8 Å². The molecule has 4 aromatic rings. The van der Waals surface area contributed by atoms with Crippen molar-refractivity contribution in [1.82, 2.24) is 9.97 Å². The smallest absolute Gasteiger partial charge is 0.261 e. The third kappa shape index (κ3) is 2.86. The van der Waals surface area contributed by atoms with Gasteiger partial charge in [0.15, 0.2) is 0 Å². The van der Waals surface area contributed by atoms with E-state index in [1.54, 1.807) is 24.5 Å². The second kappa shape index (κ2) is 6.64. The third-order valence-corrected chi connectivity index (χ3v) is 4.15. The maximum atomic E-state index is 12.9. The Bertz CT molecular complexity index is 1150. The SMILES string of the molecule is O=C(Nc1cccc2cccnc12)c1c(-c2ccccc2)cc[nH]c1=O. The van der Waals surface area contributed by atoms with E-state index in [2.05, 4.69) is 15.3 Å². The lowest BCUT2D eigenvalue weighted by molar-refractivity contribution is 0.102. The van der Waals surface area contributed by atoms with E-state index in [1.165, 1.54) is 0 Å². The number of hydrogen-bond acceptors (Lipinski definition) is 3. The minimum Gasteiger partial charge on any atom is -0.328 e. The molecule has 0 spiro atoms. The zero-order chi connectivity index (χ0) is 17.9. The number of fused-ring (bicyclic) bond motifs is 1. The standard InChI is InChI=1S/C21H15N3O2/c25-20-18(16(11-13-23-20)14-6-2-1-3-7-14)21(26)24-17-10-4-8-15-9-5-12-22-19(15)17/h1-13H,(H,23,25)(H,24,26). The summed E-state index contributed by atoms with van der Waals surface area (Å²) >= 11 is 0. The van der Waals surface area contributed by atoms with Gasteiger partial charge in [-0.1, -0.05) is 48.5 Å². The number of hydrogen-bond donors (Lipinski definition) is 2. The number of carbonyl (C=O) groups excluding carboxylic acids is 1. The molecule has 0 saturated heterocycles. The molecule has 26 heavy (non-hydrogen) atoms. The summed E-state index contributed by atoms with van der Waals surface area (Å²) < 4.78 is 0. The van der Waals surface area contributed by atoms with E-state index in [9.17, 15) is 9.59 Å². The second-order valence-corrected chi connectivity index (χ2v) is 5.80. The van der Waals surface area contributed by atoms with Gasteiger partial charge in [0.2, 0.25) is 0 Å². The lowest BCUT2D eigenvalue weighted by Crippen LogP contribution is -2.24. The fourth-order valence-electron chi connectivity index (χ4n) is 2.95. The predicted octanol–water partition coefficient (Wildman–Crippen LogP) is 3.84. The fraction of sp³-hybridized carbons (Fsp3) is 0. The predicted molar refractivity (Wildman–Crippen MR) is 102 cm³/mol. The van der Waals surface area contributed by atoms with Gasteiger partial charge in [0.1, 0.15) is 5.56 Å². The molecule has 0 fully saturated rings. The third-order valence-electron chi connectivity index (χ3n) is 4.15. The largest absolute Gasteiger partial charge is 0.328 e. The van der Waals surface area contributed by atoms with Crippen molar-refractivity contribution in [2.24, 2.45) is 0 Å². The number of aromatic nitrogens is 2. The fourth-order valence-corrected chi connectivity index (χ4v) is 2.95. The molecular formula is C21H15N3O2. The molecule has 2 heterocycles. The maximum absolute atomic E-state index is 12.9. The molecule has 2 N–H and O–H groups in total. The van der Waals surface area contributed by atoms with Crippen LogP contribution in [0.25, 0.3) is 22.0 Å². The van der Waals surface area contributed by atoms with Crippen LogP contribution in [0.2, 0.25) is 0 Å². The van der Waals surface area contributed by atoms with Crippen LogP contribution in [-0.4, -0.2) is 15.9 Å². The molecule has 0 aliphatic rings. The molecular weight excluding hydrogens is 326 g/mol. The zero-order valence-corrected chi connectivity index (χ0v) is 13.8. The number of rotatable bonds is 3. The van der Waals surface area contributed by atoms with Crippen LogP contribution in [0.4, 0.5) is 5.69 Å². The van der Waals surface area contributed by atoms with Crippen LogP contribution in [0, 0.1) is 0 Å². The van der Waals surface area contributed by atoms with Gasteiger partial charge in [-0.05, 0) is 23.8 Å². The average Bonchev–Trinajstić information content (AvgIpc) is 2.68. The minimum atomic E-state index is -0.469. The van der Waals surface area contributed by atoms with Gasteiger partial charge in [-0.2, -0.15) is 0 Å². The van der Waals surface area contributed by atoms with Crippen LogP contribution in [-0.2, 0) is 0 Å². The summed E-state index contributed by atoms with van der Waals surface area (Å²) in [5, 5.41) is 3.74. The van der Waals surface area contributed by atoms with Crippen LogP contribution in [0.3, 0.4) is 0 Å². The lowest BCUT2D eigenvalue weighted by atomic mass is 10.0. The molecule has 1 amide bonds. The van der Waals surface area contributed by atoms with Gasteiger partial charge in [-0.15, -0.1) is 0 Å². The quantitative estimate of drug-likeness (QED) is 0.594. The van der Waals surface area contributed by atoms with Gasteiger partial charge in [0, 0.05) is 23.3 Å². The Morgan fingerprint density at radius 3 is 2.58 bits per heavy atom. The number of nitrogens with one attached hydrogen (secondary N) is 2. The van der Waals surface area contributed by atoms with Gasteiger partial charge in [0.05, 0.1) is 11.2 Å². The number of aromatic amines is 1. The summed E-state index contributed by atoms with van der Waals surface area (Å²) in [6.07, 6.45) is 3.21. The van der Waals surface area contributed by atoms with Crippen LogP contribution < -0.4 is 10.9 Å². The number of H-pyrrole nitrogens is 1. The van der Waals surface area contributed by atoms with Crippen molar-refractivity contribution in [3.63, 3.8) is 0 Å². The van der Waals surface area contributed by atoms with E-state index in [-0.39, 0.29) is 5.56 Å². The number of amides is 1. The number of carbonyl (C=O) groups is 1. The van der Waals surface area contributed by atoms with Crippen LogP contribution in [0.15, 0.2) is 83.9 Å². The molecule has 0 radical (unpaired) electrons. The van der Waals surface area contributed by atoms with Gasteiger partial charge in [-0.25, -0.2) is 0 Å². The normalized spacial score (nSPS) is 10.6. The van der Waals surface area contributed by atoms with Gasteiger partial charge < -0.3 is 10.3 Å². The molecule has 5 heteroatoms. The molecule has 0 aliphatic heterocycles. The van der Waals surface area contributed by atoms with Crippen molar-refractivity contribution in [2.75, 3.05) is 5.32 Å². The first kappa shape index (κ1) is 15.8. The van der Waals surface area contributed by atoms with Crippen LogP contribution >= 0.6 is 0 Å². The molecule has 0 atom stereocenters. The summed E-state index contributed by atoms with van der Waals surface area (Å²) in [5.74, 6) is -0.469. The Labute approximate surface area is 149 Å². The second-order valence-electron chi connectivity index (χ2n) is 5.80. The Morgan fingerprint density at radius 1 is 0.923 bits per heavy atom. The lowest BCUT2D eigenvalue weighted by Gasteiger charge is -2.11. The van der Waals surface area contributed by atoms with Crippen molar-refractivity contribution in [2.45, 2.75) is 0 Å². The highest BCUT2D eigenvalue weighted by Gasteiger charge is 2.18. The number of pyridine rings is 2. The molecule has 0 bridgehead atoms. The number of benzene rings is 2. The maximum Gasteiger partial charge on any atom is 0.261 e. The Kier molecular flexibility index (Phi) is 4.03. The monoisotopic (exact) mass is 341 g/mol. The van der Waals surface area contributed by atoms with Gasteiger partial charge in [0.25, 0.3) is 11.5 Å². The molecule has 126 valence electrons. The zero-order valence-electron chi connectivity index (χ0n) is 13.8. The van der Waals surface area contributed by atoms with E-state index >= 15 is 0 Å². The van der Waals surface area contributed by atoms with Crippen molar-refractivity contribution in [3.05, 3.63) is 95.0 Å². The first-order valence-electron chi connectivity index (χ1n) is 8.16. The summed E-state index contributed by atoms with van der Waals surface area (Å²) in [6.45, 7) is 0. The van der Waals surface area contributed by atoms with E-state index in [4.69, 9.17) is 0 Å². The number of nitrogens with zero attached hydrogens (tertiary/aromatic N) is 1. The van der Waals surface area contributed by atoms with Crippen molar-refractivity contribution >= 4 is 22.5 Å². The first-order chi connectivity index (χ1) is 12.7. The highest BCUT2D eigenvalue weighted by molar-refractivity contribution is 6.11. The van der Waals surface area contributed by atoms with Gasteiger partial charge in [-0.3, -0.25) is 14.6 Å². The molecule has 2 aromatic carbocycles. The van der Waals surface area contributed by atoms with Gasteiger partial charge >= 0.3 is 0 Å². The minimum absolute atomic E-state index is 0.0756.